The van der Waals surface area contributed by atoms with Gasteiger partial charge in [-0.2, -0.15) is 0 Å². The molecule has 1 aromatic carbocycles. The Kier molecular flexibility index (Phi) is 4.22. The highest BCUT2D eigenvalue weighted by atomic mass is 35.5. The van der Waals surface area contributed by atoms with Crippen molar-refractivity contribution in [1.82, 2.24) is 15.5 Å². The Morgan fingerprint density at radius 2 is 2.06 bits per heavy atom. The number of nitrogens with one attached hydrogen (secondary N) is 1. The number of carbonyl (C=O) groups excluding carboxylic acids is 1. The predicted molar refractivity (Wildman–Crippen MR) is 67.4 cm³/mol. The molecule has 4 nitrogen and oxygen atoms in total. The van der Waals surface area contributed by atoms with E-state index in [1.807, 2.05) is 0 Å². The first-order valence-electron chi connectivity index (χ1n) is 5.17. The molecule has 0 aliphatic carbocycles. The molecule has 0 aliphatic heterocycles. The van der Waals surface area contributed by atoms with Gasteiger partial charge in [-0.15, -0.1) is 10.2 Å². The lowest BCUT2D eigenvalue weighted by Gasteiger charge is -2.02. The molecular weight excluding hydrogens is 277 g/mol. The van der Waals surface area contributed by atoms with Crippen LogP contribution >= 0.6 is 22.9 Å². The van der Waals surface area contributed by atoms with Crippen LogP contribution in [0.2, 0.25) is 4.47 Å². The number of nitrogens with zero attached hydrogens (tertiary/aromatic N) is 2. The van der Waals surface area contributed by atoms with Gasteiger partial charge in [-0.25, -0.2) is 4.39 Å². The first kappa shape index (κ1) is 12.9. The van der Waals surface area contributed by atoms with E-state index in [1.54, 1.807) is 12.1 Å². The van der Waals surface area contributed by atoms with Gasteiger partial charge in [0.15, 0.2) is 0 Å². The third-order valence-electron chi connectivity index (χ3n) is 2.21. The SMILES string of the molecule is O=C(NCCc1ccc(F)cc1)c1nnc(Cl)s1. The zero-order valence-corrected chi connectivity index (χ0v) is 10.8. The van der Waals surface area contributed by atoms with Gasteiger partial charge in [0.25, 0.3) is 5.91 Å². The van der Waals surface area contributed by atoms with Crippen molar-refractivity contribution in [2.45, 2.75) is 6.42 Å². The van der Waals surface area contributed by atoms with E-state index in [2.05, 4.69) is 15.5 Å². The normalized spacial score (nSPS) is 10.3. The van der Waals surface area contributed by atoms with Crippen LogP contribution in [0.3, 0.4) is 0 Å². The predicted octanol–water partition coefficient (Wildman–Crippen LogP) is 2.30. The third-order valence-corrected chi connectivity index (χ3v) is 3.22. The molecule has 1 amide bonds. The Morgan fingerprint density at radius 3 is 2.67 bits per heavy atom. The van der Waals surface area contributed by atoms with Gasteiger partial charge in [0, 0.05) is 6.54 Å². The van der Waals surface area contributed by atoms with E-state index in [0.717, 1.165) is 16.9 Å². The molecule has 1 aromatic heterocycles. The zero-order valence-electron chi connectivity index (χ0n) is 9.19. The second-order valence-electron chi connectivity index (χ2n) is 3.49. The van der Waals surface area contributed by atoms with Gasteiger partial charge in [0.05, 0.1) is 0 Å². The fourth-order valence-electron chi connectivity index (χ4n) is 1.34. The van der Waals surface area contributed by atoms with E-state index in [-0.39, 0.29) is 21.2 Å². The van der Waals surface area contributed by atoms with Crippen molar-refractivity contribution in [3.05, 3.63) is 45.1 Å². The summed E-state index contributed by atoms with van der Waals surface area (Å²) < 4.78 is 12.9. The lowest BCUT2D eigenvalue weighted by Crippen LogP contribution is -2.25. The Hall–Kier alpha value is -1.53. The minimum atomic E-state index is -0.304. The van der Waals surface area contributed by atoms with Crippen LogP contribution in [0.4, 0.5) is 4.39 Å². The zero-order chi connectivity index (χ0) is 13.0. The van der Waals surface area contributed by atoms with Gasteiger partial charge < -0.3 is 5.32 Å². The van der Waals surface area contributed by atoms with Crippen molar-refractivity contribution in [2.75, 3.05) is 6.54 Å². The fourth-order valence-corrected chi connectivity index (χ4v) is 2.09. The summed E-state index contributed by atoms with van der Waals surface area (Å²) in [6.07, 6.45) is 0.624. The molecule has 0 aliphatic rings. The Morgan fingerprint density at radius 1 is 1.33 bits per heavy atom. The standard InChI is InChI=1S/C11H9ClFN3OS/c12-11-16-15-10(18-11)9(17)14-6-5-7-1-3-8(13)4-2-7/h1-4H,5-6H2,(H,14,17). The molecule has 1 N–H and O–H groups in total. The molecule has 0 saturated heterocycles. The van der Waals surface area contributed by atoms with E-state index in [9.17, 15) is 9.18 Å². The number of rotatable bonds is 4. The average molecular weight is 286 g/mol. The summed E-state index contributed by atoms with van der Waals surface area (Å²) in [6.45, 7) is 0.446. The molecule has 0 unspecified atom stereocenters. The molecule has 0 radical (unpaired) electrons. The van der Waals surface area contributed by atoms with Crippen molar-refractivity contribution < 1.29 is 9.18 Å². The van der Waals surface area contributed by atoms with Crippen LogP contribution in [0.25, 0.3) is 0 Å². The van der Waals surface area contributed by atoms with E-state index in [4.69, 9.17) is 11.6 Å². The monoisotopic (exact) mass is 285 g/mol. The second-order valence-corrected chi connectivity index (χ2v) is 5.05. The molecule has 0 bridgehead atoms. The number of benzene rings is 1. The maximum Gasteiger partial charge on any atom is 0.282 e. The van der Waals surface area contributed by atoms with E-state index in [1.165, 1.54) is 12.1 Å². The van der Waals surface area contributed by atoms with Gasteiger partial charge in [0.2, 0.25) is 9.47 Å². The number of hydrogen-bond acceptors (Lipinski definition) is 4. The summed E-state index contributed by atoms with van der Waals surface area (Å²) in [5, 5.41) is 10.1. The van der Waals surface area contributed by atoms with Crippen molar-refractivity contribution in [3.8, 4) is 0 Å². The van der Waals surface area contributed by atoms with Crippen molar-refractivity contribution >= 4 is 28.8 Å². The van der Waals surface area contributed by atoms with Crippen LogP contribution in [-0.4, -0.2) is 22.6 Å². The lowest BCUT2D eigenvalue weighted by molar-refractivity contribution is 0.0953. The summed E-state index contributed by atoms with van der Waals surface area (Å²) >= 11 is 6.60. The summed E-state index contributed by atoms with van der Waals surface area (Å²) in [5.74, 6) is -0.576. The van der Waals surface area contributed by atoms with Crippen molar-refractivity contribution in [3.63, 3.8) is 0 Å². The molecule has 0 saturated carbocycles. The summed E-state index contributed by atoms with van der Waals surface area (Å²) in [7, 11) is 0. The molecule has 1 heterocycles. The Labute approximate surface area is 112 Å². The highest BCUT2D eigenvalue weighted by Gasteiger charge is 2.10. The van der Waals surface area contributed by atoms with Crippen LogP contribution in [-0.2, 0) is 6.42 Å². The molecule has 0 spiro atoms. The number of amides is 1. The summed E-state index contributed by atoms with van der Waals surface area (Å²) in [6, 6.07) is 6.15. The fraction of sp³-hybridized carbons (Fsp3) is 0.182. The summed E-state index contributed by atoms with van der Waals surface area (Å²) in [4.78, 5) is 11.6. The number of carbonyl (C=O) groups is 1. The molecule has 0 fully saturated rings. The smallest absolute Gasteiger partial charge is 0.282 e. The van der Waals surface area contributed by atoms with Crippen LogP contribution in [0, 0.1) is 5.82 Å². The highest BCUT2D eigenvalue weighted by molar-refractivity contribution is 7.17. The van der Waals surface area contributed by atoms with Crippen molar-refractivity contribution in [1.29, 1.82) is 0 Å². The molecule has 2 rings (SSSR count). The van der Waals surface area contributed by atoms with Gasteiger partial charge in [-0.3, -0.25) is 4.79 Å². The van der Waals surface area contributed by atoms with Gasteiger partial charge >= 0.3 is 0 Å². The van der Waals surface area contributed by atoms with Gasteiger partial charge in [0.1, 0.15) is 5.82 Å². The maximum atomic E-state index is 12.7. The Bertz CT molecular complexity index is 543. The molecular formula is C11H9ClFN3OS. The molecule has 2 aromatic rings. The molecule has 18 heavy (non-hydrogen) atoms. The van der Waals surface area contributed by atoms with E-state index < -0.39 is 0 Å². The number of hydrogen-bond donors (Lipinski definition) is 1. The van der Waals surface area contributed by atoms with Gasteiger partial charge in [-0.1, -0.05) is 23.5 Å². The van der Waals surface area contributed by atoms with Crippen LogP contribution in [0.5, 0.6) is 0 Å². The minimum Gasteiger partial charge on any atom is -0.350 e. The summed E-state index contributed by atoms with van der Waals surface area (Å²) in [5.41, 5.74) is 0.951. The Balaban J connectivity index is 1.82. The molecule has 7 heteroatoms. The lowest BCUT2D eigenvalue weighted by atomic mass is 10.1. The van der Waals surface area contributed by atoms with Crippen LogP contribution in [0.1, 0.15) is 15.4 Å². The third kappa shape index (κ3) is 3.48. The maximum absolute atomic E-state index is 12.7. The first-order valence-corrected chi connectivity index (χ1v) is 6.36. The van der Waals surface area contributed by atoms with E-state index in [0.29, 0.717) is 13.0 Å². The highest BCUT2D eigenvalue weighted by Crippen LogP contribution is 2.14. The average Bonchev–Trinajstić information content (AvgIpc) is 2.78. The number of halogens is 2. The van der Waals surface area contributed by atoms with Gasteiger partial charge in [-0.05, 0) is 35.7 Å². The molecule has 94 valence electrons. The molecule has 0 atom stereocenters. The van der Waals surface area contributed by atoms with Crippen LogP contribution in [0.15, 0.2) is 24.3 Å². The topological polar surface area (TPSA) is 54.9 Å². The second kappa shape index (κ2) is 5.88. The number of aromatic nitrogens is 2. The quantitative estimate of drug-likeness (QED) is 0.938. The van der Waals surface area contributed by atoms with E-state index >= 15 is 0 Å². The van der Waals surface area contributed by atoms with Crippen molar-refractivity contribution in [2.24, 2.45) is 0 Å². The first-order chi connectivity index (χ1) is 8.65. The largest absolute Gasteiger partial charge is 0.350 e. The minimum absolute atomic E-state index is 0.235. The van der Waals surface area contributed by atoms with Crippen LogP contribution < -0.4 is 5.32 Å².